The zero-order valence-corrected chi connectivity index (χ0v) is 15.9. The van der Waals surface area contributed by atoms with Crippen LogP contribution in [0.15, 0.2) is 36.4 Å². The minimum absolute atomic E-state index is 0.0815. The number of carbonyl (C=O) groups excluding carboxylic acids is 2. The van der Waals surface area contributed by atoms with E-state index in [2.05, 4.69) is 10.6 Å². The molecule has 0 aliphatic rings. The fraction of sp³-hybridized carbons (Fsp3) is 0.263. The van der Waals surface area contributed by atoms with Gasteiger partial charge < -0.3 is 25.8 Å². The lowest BCUT2D eigenvalue weighted by atomic mass is 10.1. The van der Waals surface area contributed by atoms with E-state index < -0.39 is 5.91 Å². The first-order chi connectivity index (χ1) is 12.9. The molecule has 0 atom stereocenters. The second-order valence-electron chi connectivity index (χ2n) is 5.70. The van der Waals surface area contributed by atoms with Gasteiger partial charge in [0.2, 0.25) is 11.8 Å². The van der Waals surface area contributed by atoms with Gasteiger partial charge in [-0.2, -0.15) is 0 Å². The fourth-order valence-corrected chi connectivity index (χ4v) is 2.73. The summed E-state index contributed by atoms with van der Waals surface area (Å²) in [5.74, 6) is 0.555. The van der Waals surface area contributed by atoms with Crippen LogP contribution >= 0.6 is 11.6 Å². The molecule has 0 unspecified atom stereocenters. The summed E-state index contributed by atoms with van der Waals surface area (Å²) in [5.41, 5.74) is 7.09. The number of nitrogens with two attached hydrogens (primary N) is 1. The maximum atomic E-state index is 12.0. The summed E-state index contributed by atoms with van der Waals surface area (Å²) in [5, 5.41) is 6.02. The van der Waals surface area contributed by atoms with E-state index in [1.807, 2.05) is 18.2 Å². The van der Waals surface area contributed by atoms with Crippen LogP contribution in [0.25, 0.3) is 0 Å². The molecule has 2 rings (SSSR count). The molecule has 27 heavy (non-hydrogen) atoms. The normalized spacial score (nSPS) is 10.2. The zero-order valence-electron chi connectivity index (χ0n) is 15.2. The lowest BCUT2D eigenvalue weighted by molar-refractivity contribution is -0.119. The largest absolute Gasteiger partial charge is 0.493 e. The Bertz CT molecular complexity index is 827. The van der Waals surface area contributed by atoms with E-state index >= 15 is 0 Å². The second kappa shape index (κ2) is 9.68. The van der Waals surface area contributed by atoms with E-state index in [1.165, 1.54) is 6.07 Å². The predicted molar refractivity (Wildman–Crippen MR) is 105 cm³/mol. The summed E-state index contributed by atoms with van der Waals surface area (Å²) in [6, 6.07) is 10.3. The number of benzene rings is 2. The van der Waals surface area contributed by atoms with Crippen molar-refractivity contribution in [3.05, 3.63) is 52.5 Å². The molecule has 0 fully saturated rings. The summed E-state index contributed by atoms with van der Waals surface area (Å²) in [6.07, 6.45) is 0.658. The van der Waals surface area contributed by atoms with E-state index in [-0.39, 0.29) is 23.0 Å². The van der Waals surface area contributed by atoms with Crippen LogP contribution < -0.4 is 25.8 Å². The number of methoxy groups -OCH3 is 2. The highest BCUT2D eigenvalue weighted by molar-refractivity contribution is 6.34. The Hall–Kier alpha value is -2.93. The predicted octanol–water partition coefficient (Wildman–Crippen LogP) is 2.23. The smallest absolute Gasteiger partial charge is 0.250 e. The highest BCUT2D eigenvalue weighted by atomic mass is 35.5. The van der Waals surface area contributed by atoms with Crippen molar-refractivity contribution in [2.75, 3.05) is 32.6 Å². The van der Waals surface area contributed by atoms with Crippen molar-refractivity contribution in [2.45, 2.75) is 6.42 Å². The van der Waals surface area contributed by atoms with Gasteiger partial charge in [0.25, 0.3) is 0 Å². The Morgan fingerprint density at radius 1 is 1.07 bits per heavy atom. The molecule has 0 bridgehead atoms. The zero-order chi connectivity index (χ0) is 19.8. The summed E-state index contributed by atoms with van der Waals surface area (Å²) in [4.78, 5) is 23.1. The topological polar surface area (TPSA) is 103 Å². The molecule has 0 aliphatic carbocycles. The molecule has 0 heterocycles. The third-order valence-electron chi connectivity index (χ3n) is 3.87. The van der Waals surface area contributed by atoms with Crippen molar-refractivity contribution in [3.63, 3.8) is 0 Å². The third kappa shape index (κ3) is 5.79. The maximum Gasteiger partial charge on any atom is 0.250 e. The van der Waals surface area contributed by atoms with Crippen LogP contribution in [0.1, 0.15) is 15.9 Å². The SMILES string of the molecule is COc1ccc(CCNC(=O)CNc2ccc(C(N)=O)c(Cl)c2)cc1OC. The number of hydrogen-bond donors (Lipinski definition) is 3. The third-order valence-corrected chi connectivity index (χ3v) is 4.18. The number of halogens is 1. The van der Waals surface area contributed by atoms with E-state index in [4.69, 9.17) is 26.8 Å². The highest BCUT2D eigenvalue weighted by Gasteiger charge is 2.08. The molecular formula is C19H22ClN3O4. The van der Waals surface area contributed by atoms with Crippen molar-refractivity contribution in [1.29, 1.82) is 0 Å². The number of amides is 2. The van der Waals surface area contributed by atoms with Crippen LogP contribution in [0.3, 0.4) is 0 Å². The van der Waals surface area contributed by atoms with Crippen molar-refractivity contribution in [1.82, 2.24) is 5.32 Å². The van der Waals surface area contributed by atoms with Gasteiger partial charge in [-0.3, -0.25) is 9.59 Å². The van der Waals surface area contributed by atoms with Gasteiger partial charge in [-0.05, 0) is 42.3 Å². The summed E-state index contributed by atoms with van der Waals surface area (Å²) in [6.45, 7) is 0.565. The summed E-state index contributed by atoms with van der Waals surface area (Å²) in [7, 11) is 3.16. The maximum absolute atomic E-state index is 12.0. The molecule has 0 radical (unpaired) electrons. The standard InChI is InChI=1S/C19H22ClN3O4/c1-26-16-6-3-12(9-17(16)27-2)7-8-22-18(24)11-23-13-4-5-14(19(21)25)15(20)10-13/h3-6,9-10,23H,7-8,11H2,1-2H3,(H2,21,25)(H,22,24). The Morgan fingerprint density at radius 2 is 1.81 bits per heavy atom. The van der Waals surface area contributed by atoms with Crippen LogP contribution in [0.4, 0.5) is 5.69 Å². The average Bonchev–Trinajstić information content (AvgIpc) is 2.66. The first-order valence-electron chi connectivity index (χ1n) is 8.25. The quantitative estimate of drug-likeness (QED) is 0.608. The summed E-state index contributed by atoms with van der Waals surface area (Å²) >= 11 is 5.98. The summed E-state index contributed by atoms with van der Waals surface area (Å²) < 4.78 is 10.5. The van der Waals surface area contributed by atoms with Gasteiger partial charge >= 0.3 is 0 Å². The Morgan fingerprint density at radius 3 is 2.44 bits per heavy atom. The van der Waals surface area contributed by atoms with Crippen molar-refractivity contribution >= 4 is 29.1 Å². The van der Waals surface area contributed by atoms with Crippen LogP contribution in [0, 0.1) is 0 Å². The molecule has 2 aromatic carbocycles. The number of primary amides is 1. The molecule has 0 aromatic heterocycles. The molecule has 4 N–H and O–H groups in total. The van der Waals surface area contributed by atoms with Gasteiger partial charge in [-0.15, -0.1) is 0 Å². The van der Waals surface area contributed by atoms with Gasteiger partial charge in [0.05, 0.1) is 31.4 Å². The van der Waals surface area contributed by atoms with Crippen LogP contribution in [0.2, 0.25) is 5.02 Å². The van der Waals surface area contributed by atoms with E-state index in [1.54, 1.807) is 26.4 Å². The van der Waals surface area contributed by atoms with Crippen LogP contribution in [-0.2, 0) is 11.2 Å². The number of anilines is 1. The molecule has 7 nitrogen and oxygen atoms in total. The number of carbonyl (C=O) groups is 2. The Kier molecular flexibility index (Phi) is 7.31. The van der Waals surface area contributed by atoms with Crippen LogP contribution in [0.5, 0.6) is 11.5 Å². The average molecular weight is 392 g/mol. The number of rotatable bonds is 9. The van der Waals surface area contributed by atoms with Crippen molar-refractivity contribution in [3.8, 4) is 11.5 Å². The lowest BCUT2D eigenvalue weighted by Gasteiger charge is -2.11. The molecule has 0 saturated carbocycles. The fourth-order valence-electron chi connectivity index (χ4n) is 2.45. The second-order valence-corrected chi connectivity index (χ2v) is 6.11. The Balaban J connectivity index is 1.80. The van der Waals surface area contributed by atoms with E-state index in [0.717, 1.165) is 5.56 Å². The first-order valence-corrected chi connectivity index (χ1v) is 8.63. The lowest BCUT2D eigenvalue weighted by Crippen LogP contribution is -2.31. The minimum atomic E-state index is -0.598. The molecule has 2 amide bonds. The van der Waals surface area contributed by atoms with Gasteiger partial charge in [-0.25, -0.2) is 0 Å². The van der Waals surface area contributed by atoms with Crippen molar-refractivity contribution < 1.29 is 19.1 Å². The number of ether oxygens (including phenoxy) is 2. The molecule has 0 aliphatic heterocycles. The highest BCUT2D eigenvalue weighted by Crippen LogP contribution is 2.27. The Labute approximate surface area is 162 Å². The molecule has 8 heteroatoms. The number of nitrogens with one attached hydrogen (secondary N) is 2. The van der Waals surface area contributed by atoms with E-state index in [9.17, 15) is 9.59 Å². The van der Waals surface area contributed by atoms with Gasteiger partial charge in [0.1, 0.15) is 0 Å². The van der Waals surface area contributed by atoms with E-state index in [0.29, 0.717) is 30.2 Å². The van der Waals surface area contributed by atoms with Crippen LogP contribution in [-0.4, -0.2) is 39.1 Å². The minimum Gasteiger partial charge on any atom is -0.493 e. The van der Waals surface area contributed by atoms with Gasteiger partial charge in [0.15, 0.2) is 11.5 Å². The monoisotopic (exact) mass is 391 g/mol. The van der Waals surface area contributed by atoms with Crippen molar-refractivity contribution in [2.24, 2.45) is 5.73 Å². The molecular weight excluding hydrogens is 370 g/mol. The molecule has 0 saturated heterocycles. The molecule has 0 spiro atoms. The molecule has 144 valence electrons. The number of hydrogen-bond acceptors (Lipinski definition) is 5. The molecule has 2 aromatic rings. The first kappa shape index (κ1) is 20.4. The van der Waals surface area contributed by atoms with Gasteiger partial charge in [0, 0.05) is 12.2 Å². The van der Waals surface area contributed by atoms with Gasteiger partial charge in [-0.1, -0.05) is 17.7 Å².